The van der Waals surface area contributed by atoms with Crippen LogP contribution in [0.2, 0.25) is 0 Å². The molecule has 1 heteroatoms. The molecular weight excluding hydrogens is 283 g/mol. The maximum Gasteiger partial charge on any atom is -0.0123 e. The Balaban J connectivity index is 1.54. The van der Waals surface area contributed by atoms with Crippen molar-refractivity contribution in [3.05, 3.63) is 35.4 Å². The van der Waals surface area contributed by atoms with Gasteiger partial charge in [0.05, 0.1) is 0 Å². The number of hydrogen-bond acceptors (Lipinski definition) is 0. The Morgan fingerprint density at radius 1 is 0.591 bits per heavy atom. The van der Waals surface area contributed by atoms with Crippen LogP contribution in [-0.4, -0.2) is 17.0 Å². The fourth-order valence-corrected chi connectivity index (χ4v) is 9.93. The molecule has 0 N–H and O–H groups in total. The van der Waals surface area contributed by atoms with Gasteiger partial charge in [-0.3, -0.25) is 0 Å². The Morgan fingerprint density at radius 3 is 1.50 bits per heavy atom. The SMILES string of the molecule is c1ccc2c(c1)CC(P(C1CCCCC1)C1CCCCC1)C2. The quantitative estimate of drug-likeness (QED) is 0.574. The summed E-state index contributed by atoms with van der Waals surface area (Å²) >= 11 is 0. The van der Waals surface area contributed by atoms with Gasteiger partial charge in [-0.2, -0.15) is 0 Å². The van der Waals surface area contributed by atoms with Crippen molar-refractivity contribution in [2.24, 2.45) is 0 Å². The molecule has 0 aromatic heterocycles. The third-order valence-electron chi connectivity index (χ3n) is 6.44. The van der Waals surface area contributed by atoms with Crippen LogP contribution in [0.1, 0.15) is 75.3 Å². The molecule has 0 heterocycles. The second-order valence-corrected chi connectivity index (χ2v) is 10.9. The molecular formula is C21H31P. The van der Waals surface area contributed by atoms with Crippen LogP contribution in [0.3, 0.4) is 0 Å². The van der Waals surface area contributed by atoms with E-state index in [0.29, 0.717) is 0 Å². The highest BCUT2D eigenvalue weighted by atomic mass is 31.1. The fourth-order valence-electron chi connectivity index (χ4n) is 5.40. The zero-order valence-electron chi connectivity index (χ0n) is 14.0. The lowest BCUT2D eigenvalue weighted by Gasteiger charge is -2.42. The predicted octanol–water partition coefficient (Wildman–Crippen LogP) is 6.30. The molecule has 2 saturated carbocycles. The lowest BCUT2D eigenvalue weighted by Crippen LogP contribution is -2.27. The molecule has 1 aromatic rings. The Kier molecular flexibility index (Phi) is 4.86. The number of benzene rings is 1. The Labute approximate surface area is 137 Å². The van der Waals surface area contributed by atoms with E-state index in [1.54, 1.807) is 36.8 Å². The first kappa shape index (κ1) is 15.2. The summed E-state index contributed by atoms with van der Waals surface area (Å²) in [5, 5.41) is 0. The average Bonchev–Trinajstić information content (AvgIpc) is 3.00. The minimum absolute atomic E-state index is 0.256. The van der Waals surface area contributed by atoms with Crippen LogP contribution in [0.4, 0.5) is 0 Å². The van der Waals surface area contributed by atoms with Gasteiger partial charge in [0, 0.05) is 0 Å². The van der Waals surface area contributed by atoms with Gasteiger partial charge in [-0.1, -0.05) is 70.7 Å². The van der Waals surface area contributed by atoms with Gasteiger partial charge in [0.1, 0.15) is 0 Å². The molecule has 0 radical (unpaired) electrons. The van der Waals surface area contributed by atoms with Gasteiger partial charge in [0.2, 0.25) is 0 Å². The zero-order chi connectivity index (χ0) is 14.8. The molecule has 0 saturated heterocycles. The second-order valence-electron chi connectivity index (χ2n) is 7.86. The first-order valence-corrected chi connectivity index (χ1v) is 11.3. The minimum Gasteiger partial charge on any atom is -0.0965 e. The van der Waals surface area contributed by atoms with E-state index in [1.165, 1.54) is 51.4 Å². The topological polar surface area (TPSA) is 0 Å². The van der Waals surface area contributed by atoms with Crippen molar-refractivity contribution in [2.45, 2.75) is 94.0 Å². The van der Waals surface area contributed by atoms with Crippen LogP contribution in [0.25, 0.3) is 0 Å². The average molecular weight is 314 g/mol. The van der Waals surface area contributed by atoms with Crippen molar-refractivity contribution in [2.75, 3.05) is 0 Å². The molecule has 0 atom stereocenters. The second kappa shape index (κ2) is 7.04. The fraction of sp³-hybridized carbons (Fsp3) is 0.714. The Hall–Kier alpha value is -0.350. The lowest BCUT2D eigenvalue weighted by atomic mass is 9.99. The summed E-state index contributed by atoms with van der Waals surface area (Å²) < 4.78 is 0. The molecule has 22 heavy (non-hydrogen) atoms. The third-order valence-corrected chi connectivity index (χ3v) is 10.4. The van der Waals surface area contributed by atoms with Gasteiger partial charge in [0.15, 0.2) is 0 Å². The zero-order valence-corrected chi connectivity index (χ0v) is 14.9. The summed E-state index contributed by atoms with van der Waals surface area (Å²) in [4.78, 5) is 0. The van der Waals surface area contributed by atoms with Crippen LogP contribution < -0.4 is 0 Å². The monoisotopic (exact) mass is 314 g/mol. The van der Waals surface area contributed by atoms with Gasteiger partial charge >= 0.3 is 0 Å². The molecule has 0 aliphatic heterocycles. The molecule has 0 bridgehead atoms. The van der Waals surface area contributed by atoms with E-state index in [0.717, 1.165) is 17.0 Å². The molecule has 0 unspecified atom stereocenters. The summed E-state index contributed by atoms with van der Waals surface area (Å²) in [5.74, 6) is 0. The van der Waals surface area contributed by atoms with Crippen LogP contribution >= 0.6 is 7.92 Å². The highest BCUT2D eigenvalue weighted by Gasteiger charge is 2.38. The van der Waals surface area contributed by atoms with E-state index in [1.807, 2.05) is 0 Å². The maximum atomic E-state index is 2.41. The summed E-state index contributed by atoms with van der Waals surface area (Å²) in [6, 6.07) is 9.32. The summed E-state index contributed by atoms with van der Waals surface area (Å²) in [7, 11) is 0.256. The summed E-state index contributed by atoms with van der Waals surface area (Å²) in [6.07, 6.45) is 18.2. The highest BCUT2D eigenvalue weighted by molar-refractivity contribution is 7.60. The van der Waals surface area contributed by atoms with Crippen molar-refractivity contribution in [3.8, 4) is 0 Å². The molecule has 4 rings (SSSR count). The molecule has 0 amide bonds. The molecule has 0 nitrogen and oxygen atoms in total. The van der Waals surface area contributed by atoms with E-state index < -0.39 is 0 Å². The smallest absolute Gasteiger partial charge is 0.0123 e. The standard InChI is InChI=1S/C21H31P/c1-3-11-19(12-4-1)22(20-13-5-2-6-14-20)21-15-17-9-7-8-10-18(17)16-21/h7-10,19-21H,1-6,11-16H2. The number of fused-ring (bicyclic) bond motifs is 1. The molecule has 0 spiro atoms. The lowest BCUT2D eigenvalue weighted by molar-refractivity contribution is 0.480. The van der Waals surface area contributed by atoms with Crippen LogP contribution in [0.15, 0.2) is 24.3 Å². The molecule has 120 valence electrons. The van der Waals surface area contributed by atoms with E-state index in [-0.39, 0.29) is 7.92 Å². The summed E-state index contributed by atoms with van der Waals surface area (Å²) in [5.41, 5.74) is 6.63. The van der Waals surface area contributed by atoms with Crippen molar-refractivity contribution in [1.29, 1.82) is 0 Å². The van der Waals surface area contributed by atoms with Gasteiger partial charge in [0.25, 0.3) is 0 Å². The van der Waals surface area contributed by atoms with E-state index in [4.69, 9.17) is 0 Å². The van der Waals surface area contributed by atoms with Crippen LogP contribution in [0.5, 0.6) is 0 Å². The van der Waals surface area contributed by atoms with Crippen LogP contribution in [0, 0.1) is 0 Å². The molecule has 3 aliphatic carbocycles. The molecule has 2 fully saturated rings. The predicted molar refractivity (Wildman–Crippen MR) is 98.3 cm³/mol. The maximum absolute atomic E-state index is 2.41. The van der Waals surface area contributed by atoms with Crippen molar-refractivity contribution < 1.29 is 0 Å². The largest absolute Gasteiger partial charge is 0.0965 e. The number of rotatable bonds is 3. The van der Waals surface area contributed by atoms with Gasteiger partial charge in [-0.15, -0.1) is 0 Å². The van der Waals surface area contributed by atoms with E-state index >= 15 is 0 Å². The van der Waals surface area contributed by atoms with Crippen molar-refractivity contribution in [1.82, 2.24) is 0 Å². The minimum atomic E-state index is 0.256. The first-order valence-electron chi connectivity index (χ1n) is 9.76. The number of hydrogen-bond donors (Lipinski definition) is 0. The van der Waals surface area contributed by atoms with Gasteiger partial charge in [-0.05, 0) is 66.6 Å². The Morgan fingerprint density at radius 2 is 1.05 bits per heavy atom. The van der Waals surface area contributed by atoms with E-state index in [2.05, 4.69) is 24.3 Å². The van der Waals surface area contributed by atoms with Crippen molar-refractivity contribution >= 4 is 7.92 Å². The van der Waals surface area contributed by atoms with Crippen LogP contribution in [-0.2, 0) is 12.8 Å². The van der Waals surface area contributed by atoms with Gasteiger partial charge < -0.3 is 0 Å². The van der Waals surface area contributed by atoms with E-state index in [9.17, 15) is 0 Å². The third kappa shape index (κ3) is 3.14. The first-order chi connectivity index (χ1) is 10.9. The molecule has 1 aromatic carbocycles. The Bertz CT molecular complexity index is 439. The summed E-state index contributed by atoms with van der Waals surface area (Å²) in [6.45, 7) is 0. The van der Waals surface area contributed by atoms with Crippen molar-refractivity contribution in [3.63, 3.8) is 0 Å². The highest BCUT2D eigenvalue weighted by Crippen LogP contribution is 2.61. The molecule has 3 aliphatic rings. The van der Waals surface area contributed by atoms with Gasteiger partial charge in [-0.25, -0.2) is 0 Å². The normalized spacial score (nSPS) is 24.8.